The summed E-state index contributed by atoms with van der Waals surface area (Å²) in [6, 6.07) is 9.16. The smallest absolute Gasteiger partial charge is 0.254 e. The summed E-state index contributed by atoms with van der Waals surface area (Å²) >= 11 is 3.14. The van der Waals surface area contributed by atoms with E-state index in [0.29, 0.717) is 5.75 Å². The molecule has 7 heteroatoms. The highest BCUT2D eigenvalue weighted by Gasteiger charge is 2.28. The highest BCUT2D eigenvalue weighted by Crippen LogP contribution is 2.33. The van der Waals surface area contributed by atoms with Gasteiger partial charge in [-0.1, -0.05) is 37.7 Å². The van der Waals surface area contributed by atoms with Crippen LogP contribution in [-0.4, -0.2) is 27.5 Å². The number of rotatable bonds is 5. The van der Waals surface area contributed by atoms with Crippen LogP contribution in [0.15, 0.2) is 45.2 Å². The lowest BCUT2D eigenvalue weighted by Crippen LogP contribution is -2.28. The molecule has 1 aromatic carbocycles. The van der Waals surface area contributed by atoms with Gasteiger partial charge in [-0.3, -0.25) is 14.2 Å². The zero-order valence-electron chi connectivity index (χ0n) is 14.5. The van der Waals surface area contributed by atoms with Crippen LogP contribution in [0.5, 0.6) is 0 Å². The van der Waals surface area contributed by atoms with E-state index < -0.39 is 0 Å². The Morgan fingerprint density at radius 1 is 1.44 bits per heavy atom. The Morgan fingerprint density at radius 3 is 2.92 bits per heavy atom. The summed E-state index contributed by atoms with van der Waals surface area (Å²) in [6.45, 7) is 4.04. The molecule has 25 heavy (non-hydrogen) atoms. The van der Waals surface area contributed by atoms with Gasteiger partial charge in [-0.2, -0.15) is 0 Å². The first-order valence-corrected chi connectivity index (χ1v) is 10.4. The first kappa shape index (κ1) is 18.1. The zero-order chi connectivity index (χ0) is 18.0. The van der Waals surface area contributed by atoms with Crippen LogP contribution in [0.4, 0.5) is 5.69 Å². The number of anilines is 1. The zero-order valence-corrected chi connectivity index (χ0v) is 16.1. The third-order valence-corrected chi connectivity index (χ3v) is 6.00. The van der Waals surface area contributed by atoms with Gasteiger partial charge in [-0.15, -0.1) is 11.8 Å². The largest absolute Gasteiger partial charge is 0.325 e. The second kappa shape index (κ2) is 7.66. The number of aromatic nitrogens is 2. The van der Waals surface area contributed by atoms with E-state index in [9.17, 15) is 9.59 Å². The molecule has 1 amide bonds. The third kappa shape index (κ3) is 3.93. The lowest BCUT2D eigenvalue weighted by molar-refractivity contribution is -0.116. The van der Waals surface area contributed by atoms with Gasteiger partial charge in [0.05, 0.1) is 17.4 Å². The summed E-state index contributed by atoms with van der Waals surface area (Å²) in [6.07, 6.45) is 2.25. The van der Waals surface area contributed by atoms with Crippen molar-refractivity contribution in [2.75, 3.05) is 17.3 Å². The number of carbonyl (C=O) groups is 1. The predicted molar refractivity (Wildman–Crippen MR) is 104 cm³/mol. The number of carbonyl (C=O) groups excluding carboxylic acids is 1. The van der Waals surface area contributed by atoms with Crippen molar-refractivity contribution in [3.63, 3.8) is 0 Å². The fourth-order valence-corrected chi connectivity index (χ4v) is 4.49. The van der Waals surface area contributed by atoms with Crippen LogP contribution in [0.3, 0.4) is 0 Å². The third-order valence-electron chi connectivity index (χ3n) is 4.10. The minimum Gasteiger partial charge on any atom is -0.325 e. The van der Waals surface area contributed by atoms with Gasteiger partial charge >= 0.3 is 0 Å². The van der Waals surface area contributed by atoms with E-state index in [2.05, 4.69) is 10.3 Å². The Hall–Kier alpha value is -1.73. The molecule has 2 aromatic rings. The standard InChI is InChI=1S/C18H21N3O2S2/c1-11(2)14-9-17(23)21-12(10-25-18(21)20-14)8-16(22)19-13-6-4-5-7-15(13)24-3/h4-7,9,11-12H,8,10H2,1-3H3,(H,19,22)/t12-/m1/s1. The van der Waals surface area contributed by atoms with E-state index in [1.54, 1.807) is 34.2 Å². The van der Waals surface area contributed by atoms with Crippen molar-refractivity contribution in [1.29, 1.82) is 0 Å². The molecular formula is C18H21N3O2S2. The molecule has 2 heterocycles. The van der Waals surface area contributed by atoms with Gasteiger partial charge in [0, 0.05) is 23.1 Å². The number of para-hydroxylation sites is 1. The summed E-state index contributed by atoms with van der Waals surface area (Å²) < 4.78 is 1.66. The van der Waals surface area contributed by atoms with Crippen LogP contribution >= 0.6 is 23.5 Å². The topological polar surface area (TPSA) is 64.0 Å². The second-order valence-electron chi connectivity index (χ2n) is 6.24. The predicted octanol–water partition coefficient (Wildman–Crippen LogP) is 3.76. The average Bonchev–Trinajstić information content (AvgIpc) is 2.98. The Bertz CT molecular complexity index is 848. The molecule has 0 bridgehead atoms. The van der Waals surface area contributed by atoms with Crippen LogP contribution in [0.25, 0.3) is 0 Å². The van der Waals surface area contributed by atoms with Gasteiger partial charge in [-0.25, -0.2) is 4.98 Å². The number of hydrogen-bond acceptors (Lipinski definition) is 5. The molecule has 1 aromatic heterocycles. The molecule has 1 aliphatic heterocycles. The van der Waals surface area contributed by atoms with Crippen LogP contribution in [-0.2, 0) is 4.79 Å². The molecule has 132 valence electrons. The van der Waals surface area contributed by atoms with Gasteiger partial charge in [0.2, 0.25) is 5.91 Å². The average molecular weight is 376 g/mol. The molecule has 0 saturated carbocycles. The van der Waals surface area contributed by atoms with Crippen molar-refractivity contribution >= 4 is 35.1 Å². The lowest BCUT2D eigenvalue weighted by Gasteiger charge is -2.15. The van der Waals surface area contributed by atoms with Crippen molar-refractivity contribution in [3.8, 4) is 0 Å². The quantitative estimate of drug-likeness (QED) is 0.637. The number of nitrogens with one attached hydrogen (secondary N) is 1. The van der Waals surface area contributed by atoms with Gasteiger partial charge in [0.1, 0.15) is 0 Å². The van der Waals surface area contributed by atoms with Crippen molar-refractivity contribution in [3.05, 3.63) is 46.4 Å². The van der Waals surface area contributed by atoms with E-state index in [-0.39, 0.29) is 29.8 Å². The van der Waals surface area contributed by atoms with Crippen molar-refractivity contribution in [2.24, 2.45) is 0 Å². The van der Waals surface area contributed by atoms with E-state index in [4.69, 9.17) is 0 Å². The molecule has 1 N–H and O–H groups in total. The SMILES string of the molecule is CSc1ccccc1NC(=O)C[C@@H]1CSc2nc(C(C)C)cc(=O)n21. The number of nitrogens with zero attached hydrogens (tertiary/aromatic N) is 2. The second-order valence-corrected chi connectivity index (χ2v) is 8.08. The monoisotopic (exact) mass is 375 g/mol. The molecular weight excluding hydrogens is 354 g/mol. The molecule has 3 rings (SSSR count). The van der Waals surface area contributed by atoms with Gasteiger partial charge in [0.15, 0.2) is 5.16 Å². The van der Waals surface area contributed by atoms with E-state index >= 15 is 0 Å². The molecule has 5 nitrogen and oxygen atoms in total. The molecule has 1 atom stereocenters. The summed E-state index contributed by atoms with van der Waals surface area (Å²) in [5.74, 6) is 0.825. The maximum Gasteiger partial charge on any atom is 0.254 e. The number of hydrogen-bond donors (Lipinski definition) is 1. The first-order valence-electron chi connectivity index (χ1n) is 8.18. The molecule has 0 fully saturated rings. The van der Waals surface area contributed by atoms with E-state index in [1.165, 1.54) is 0 Å². The molecule has 0 saturated heterocycles. The molecule has 0 aliphatic carbocycles. The first-order chi connectivity index (χ1) is 12.0. The molecule has 1 aliphatic rings. The van der Waals surface area contributed by atoms with E-state index in [0.717, 1.165) is 21.4 Å². The lowest BCUT2D eigenvalue weighted by atomic mass is 10.1. The van der Waals surface area contributed by atoms with Crippen molar-refractivity contribution in [2.45, 2.75) is 42.3 Å². The number of fused-ring (bicyclic) bond motifs is 1. The van der Waals surface area contributed by atoms with Crippen molar-refractivity contribution < 1.29 is 4.79 Å². The highest BCUT2D eigenvalue weighted by atomic mass is 32.2. The fourth-order valence-electron chi connectivity index (χ4n) is 2.78. The maximum absolute atomic E-state index is 12.5. The van der Waals surface area contributed by atoms with Gasteiger partial charge in [-0.05, 0) is 24.3 Å². The van der Waals surface area contributed by atoms with Crippen LogP contribution in [0, 0.1) is 0 Å². The maximum atomic E-state index is 12.5. The van der Waals surface area contributed by atoms with E-state index in [1.807, 2.05) is 44.4 Å². The molecule has 0 unspecified atom stereocenters. The summed E-state index contributed by atoms with van der Waals surface area (Å²) in [5, 5.41) is 3.68. The van der Waals surface area contributed by atoms with Crippen LogP contribution < -0.4 is 10.9 Å². The Labute approximate surface area is 155 Å². The van der Waals surface area contributed by atoms with Crippen LogP contribution in [0.2, 0.25) is 0 Å². The minimum absolute atomic E-state index is 0.0685. The normalized spacial score (nSPS) is 16.1. The Kier molecular flexibility index (Phi) is 5.54. The summed E-state index contributed by atoms with van der Waals surface area (Å²) in [4.78, 5) is 30.5. The Balaban J connectivity index is 1.76. The molecule has 0 radical (unpaired) electrons. The number of amides is 1. The summed E-state index contributed by atoms with van der Waals surface area (Å²) in [5.41, 5.74) is 1.55. The summed E-state index contributed by atoms with van der Waals surface area (Å²) in [7, 11) is 0. The minimum atomic E-state index is -0.150. The number of benzene rings is 1. The van der Waals surface area contributed by atoms with Crippen LogP contribution in [0.1, 0.15) is 37.9 Å². The van der Waals surface area contributed by atoms with Gasteiger partial charge in [0.25, 0.3) is 5.56 Å². The molecule has 0 spiro atoms. The van der Waals surface area contributed by atoms with Crippen molar-refractivity contribution in [1.82, 2.24) is 9.55 Å². The number of thioether (sulfide) groups is 2. The van der Waals surface area contributed by atoms with Gasteiger partial charge < -0.3 is 5.32 Å². The highest BCUT2D eigenvalue weighted by molar-refractivity contribution is 7.99. The Morgan fingerprint density at radius 2 is 2.20 bits per heavy atom. The fraction of sp³-hybridized carbons (Fsp3) is 0.389.